The molecule has 2 rings (SSSR count). The van der Waals surface area contributed by atoms with Gasteiger partial charge in [-0.2, -0.15) is 0 Å². The third kappa shape index (κ3) is 10.5. The summed E-state index contributed by atoms with van der Waals surface area (Å²) in [6.45, 7) is 4.13. The van der Waals surface area contributed by atoms with Crippen molar-refractivity contribution in [2.24, 2.45) is 0 Å². The Balaban J connectivity index is 1.72. The Morgan fingerprint density at radius 3 is 2.09 bits per heavy atom. The van der Waals surface area contributed by atoms with Gasteiger partial charge in [-0.3, -0.25) is 0 Å². The quantitative estimate of drug-likeness (QED) is 0.230. The second kappa shape index (κ2) is 15.7. The zero-order chi connectivity index (χ0) is 23.0. The Morgan fingerprint density at radius 1 is 0.781 bits per heavy atom. The molecule has 5 heteroatoms. The van der Waals surface area contributed by atoms with Crippen molar-refractivity contribution in [3.8, 4) is 17.1 Å². The van der Waals surface area contributed by atoms with Gasteiger partial charge in [0, 0.05) is 12.0 Å². The number of benzene rings is 1. The van der Waals surface area contributed by atoms with Gasteiger partial charge in [0.15, 0.2) is 11.6 Å². The first kappa shape index (κ1) is 26.2. The van der Waals surface area contributed by atoms with Crippen LogP contribution in [0.25, 0.3) is 11.4 Å². The summed E-state index contributed by atoms with van der Waals surface area (Å²) in [5, 5.41) is 0. The van der Waals surface area contributed by atoms with Crippen LogP contribution < -0.4 is 4.74 Å². The van der Waals surface area contributed by atoms with E-state index in [1.54, 1.807) is 12.4 Å². The van der Waals surface area contributed by atoms with E-state index in [0.717, 1.165) is 31.2 Å². The van der Waals surface area contributed by atoms with E-state index in [2.05, 4.69) is 35.9 Å². The van der Waals surface area contributed by atoms with Gasteiger partial charge in [0.1, 0.15) is 19.0 Å². The van der Waals surface area contributed by atoms with Gasteiger partial charge in [-0.1, -0.05) is 89.5 Å². The molecule has 2 unspecified atom stereocenters. The number of aromatic nitrogens is 2. The molecule has 0 spiro atoms. The van der Waals surface area contributed by atoms with Crippen molar-refractivity contribution in [2.45, 2.75) is 103 Å². The minimum Gasteiger partial charge on any atom is -0.487 e. The molecule has 178 valence electrons. The molecule has 1 aromatic heterocycles. The smallest absolute Gasteiger partial charge is 0.159 e. The summed E-state index contributed by atoms with van der Waals surface area (Å²) < 4.78 is 33.2. The summed E-state index contributed by atoms with van der Waals surface area (Å²) in [6.07, 6.45) is 12.7. The monoisotopic (exact) mass is 446 g/mol. The van der Waals surface area contributed by atoms with Crippen LogP contribution in [0.1, 0.15) is 90.0 Å². The molecule has 1 heterocycles. The van der Waals surface area contributed by atoms with Crippen LogP contribution in [0.15, 0.2) is 36.7 Å². The molecule has 0 saturated carbocycles. The molecule has 1 aromatic carbocycles. The molecule has 0 fully saturated rings. The van der Waals surface area contributed by atoms with Crippen molar-refractivity contribution in [1.29, 1.82) is 0 Å². The molecule has 0 bridgehead atoms. The fraction of sp³-hybridized carbons (Fsp3) is 0.630. The average Bonchev–Trinajstić information content (AvgIpc) is 2.81. The summed E-state index contributed by atoms with van der Waals surface area (Å²) in [7, 11) is 0. The van der Waals surface area contributed by atoms with E-state index in [0.29, 0.717) is 18.0 Å². The zero-order valence-electron chi connectivity index (χ0n) is 19.9. The zero-order valence-corrected chi connectivity index (χ0v) is 19.9. The largest absolute Gasteiger partial charge is 0.487 e. The van der Waals surface area contributed by atoms with Gasteiger partial charge in [-0.15, -0.1) is 0 Å². The minimum absolute atomic E-state index is 0.117. The first-order chi connectivity index (χ1) is 15.6. The van der Waals surface area contributed by atoms with Crippen LogP contribution in [0.2, 0.25) is 0 Å². The van der Waals surface area contributed by atoms with Crippen LogP contribution >= 0.6 is 0 Å². The Morgan fingerprint density at radius 2 is 1.41 bits per heavy atom. The van der Waals surface area contributed by atoms with E-state index < -0.39 is 12.3 Å². The third-order valence-electron chi connectivity index (χ3n) is 5.72. The SMILES string of the molecule is CCCCCCCCc1ccc(-c2ncc(OCC(F)CC(F)CCCCC)cn2)cc1. The fourth-order valence-corrected chi connectivity index (χ4v) is 3.74. The number of rotatable bonds is 17. The number of aryl methyl sites for hydroxylation is 1. The number of hydrogen-bond donors (Lipinski definition) is 0. The summed E-state index contributed by atoms with van der Waals surface area (Å²) in [6, 6.07) is 8.35. The highest BCUT2D eigenvalue weighted by Crippen LogP contribution is 2.20. The number of alkyl halides is 2. The highest BCUT2D eigenvalue weighted by Gasteiger charge is 2.16. The average molecular weight is 447 g/mol. The highest BCUT2D eigenvalue weighted by atomic mass is 19.1. The van der Waals surface area contributed by atoms with Gasteiger partial charge in [0.05, 0.1) is 12.4 Å². The van der Waals surface area contributed by atoms with Crippen LogP contribution in [0, 0.1) is 0 Å². The van der Waals surface area contributed by atoms with Gasteiger partial charge in [-0.25, -0.2) is 18.7 Å². The number of nitrogens with zero attached hydrogens (tertiary/aromatic N) is 2. The first-order valence-electron chi connectivity index (χ1n) is 12.4. The fourth-order valence-electron chi connectivity index (χ4n) is 3.74. The van der Waals surface area contributed by atoms with Crippen molar-refractivity contribution < 1.29 is 13.5 Å². The van der Waals surface area contributed by atoms with Gasteiger partial charge < -0.3 is 4.74 Å². The maximum Gasteiger partial charge on any atom is 0.159 e. The molecule has 0 aliphatic heterocycles. The molecule has 0 aliphatic carbocycles. The lowest BCUT2D eigenvalue weighted by atomic mass is 10.0. The molecule has 0 aliphatic rings. The number of halogens is 2. The molecule has 0 N–H and O–H groups in total. The molecule has 3 nitrogen and oxygen atoms in total. The predicted octanol–water partition coefficient (Wildman–Crippen LogP) is 8.07. The normalized spacial score (nSPS) is 13.1. The molecule has 2 aromatic rings. The number of hydrogen-bond acceptors (Lipinski definition) is 3. The predicted molar refractivity (Wildman–Crippen MR) is 129 cm³/mol. The third-order valence-corrected chi connectivity index (χ3v) is 5.72. The van der Waals surface area contributed by atoms with Crippen molar-refractivity contribution in [1.82, 2.24) is 9.97 Å². The summed E-state index contributed by atoms with van der Waals surface area (Å²) in [5.41, 5.74) is 2.28. The second-order valence-electron chi connectivity index (χ2n) is 8.69. The van der Waals surface area contributed by atoms with Gasteiger partial charge in [0.2, 0.25) is 0 Å². The van der Waals surface area contributed by atoms with E-state index in [1.807, 2.05) is 12.1 Å². The van der Waals surface area contributed by atoms with E-state index in [4.69, 9.17) is 4.74 Å². The van der Waals surface area contributed by atoms with Crippen molar-refractivity contribution in [3.05, 3.63) is 42.2 Å². The first-order valence-corrected chi connectivity index (χ1v) is 12.4. The summed E-state index contributed by atoms with van der Waals surface area (Å²) in [5.74, 6) is 1.01. The molecule has 32 heavy (non-hydrogen) atoms. The molecule has 2 atom stereocenters. The number of ether oxygens (including phenoxy) is 1. The van der Waals surface area contributed by atoms with Gasteiger partial charge in [-0.05, 0) is 24.8 Å². The van der Waals surface area contributed by atoms with E-state index >= 15 is 0 Å². The lowest BCUT2D eigenvalue weighted by Crippen LogP contribution is -2.18. The van der Waals surface area contributed by atoms with Crippen LogP contribution in [-0.4, -0.2) is 28.9 Å². The van der Waals surface area contributed by atoms with Gasteiger partial charge >= 0.3 is 0 Å². The summed E-state index contributed by atoms with van der Waals surface area (Å²) in [4.78, 5) is 8.68. The van der Waals surface area contributed by atoms with Gasteiger partial charge in [0.25, 0.3) is 0 Å². The molecule has 0 radical (unpaired) electrons. The maximum absolute atomic E-state index is 14.0. The minimum atomic E-state index is -1.33. The Kier molecular flexibility index (Phi) is 12.9. The second-order valence-corrected chi connectivity index (χ2v) is 8.69. The standard InChI is InChI=1S/C27H40F2N2O/c1-3-5-7-8-9-11-12-22-14-16-23(17-15-22)27-30-19-26(20-31-27)32-21-25(29)18-24(28)13-10-6-4-2/h14-17,19-20,24-25H,3-13,18,21H2,1-2H3. The highest BCUT2D eigenvalue weighted by molar-refractivity contribution is 5.55. The van der Waals surface area contributed by atoms with Crippen LogP contribution in [0.3, 0.4) is 0 Å². The Hall–Kier alpha value is -2.04. The summed E-state index contributed by atoms with van der Waals surface area (Å²) >= 11 is 0. The Bertz CT molecular complexity index is 721. The lowest BCUT2D eigenvalue weighted by molar-refractivity contribution is 0.146. The van der Waals surface area contributed by atoms with Crippen LogP contribution in [-0.2, 0) is 6.42 Å². The lowest BCUT2D eigenvalue weighted by Gasteiger charge is -2.13. The molecular weight excluding hydrogens is 406 g/mol. The van der Waals surface area contributed by atoms with E-state index in [9.17, 15) is 8.78 Å². The van der Waals surface area contributed by atoms with Crippen molar-refractivity contribution >= 4 is 0 Å². The van der Waals surface area contributed by atoms with Crippen LogP contribution in [0.5, 0.6) is 5.75 Å². The van der Waals surface area contributed by atoms with Crippen LogP contribution in [0.4, 0.5) is 8.78 Å². The van der Waals surface area contributed by atoms with E-state index in [1.165, 1.54) is 44.1 Å². The number of unbranched alkanes of at least 4 members (excludes halogenated alkanes) is 7. The Labute approximate surface area is 193 Å². The molecular formula is C27H40F2N2O. The molecule has 0 amide bonds. The van der Waals surface area contributed by atoms with Crippen molar-refractivity contribution in [2.75, 3.05) is 6.61 Å². The molecule has 0 saturated heterocycles. The van der Waals surface area contributed by atoms with Crippen molar-refractivity contribution in [3.63, 3.8) is 0 Å². The van der Waals surface area contributed by atoms with E-state index in [-0.39, 0.29) is 13.0 Å². The topological polar surface area (TPSA) is 35.0 Å². The maximum atomic E-state index is 14.0.